The number of nitrogens with two attached hydrogens (primary N) is 1. The fraction of sp³-hybridized carbons (Fsp3) is 0.444. The Morgan fingerprint density at radius 1 is 1.26 bits per heavy atom. The van der Waals surface area contributed by atoms with Crippen LogP contribution >= 0.6 is 0 Å². The van der Waals surface area contributed by atoms with Crippen molar-refractivity contribution in [2.24, 2.45) is 5.92 Å². The molecule has 122 valence electrons. The average Bonchev–Trinajstić information content (AvgIpc) is 2.57. The second kappa shape index (κ2) is 7.42. The van der Waals surface area contributed by atoms with E-state index >= 15 is 0 Å². The normalized spacial score (nSPS) is 18.7. The number of ether oxygens (including phenoxy) is 1. The monoisotopic (exact) mass is 312 g/mol. The summed E-state index contributed by atoms with van der Waals surface area (Å²) in [6.07, 6.45) is 6.06. The maximum atomic E-state index is 6.02. The molecule has 0 aliphatic carbocycles. The van der Waals surface area contributed by atoms with Gasteiger partial charge >= 0.3 is 0 Å². The number of aryl methyl sites for hydroxylation is 1. The van der Waals surface area contributed by atoms with Gasteiger partial charge in [-0.05, 0) is 37.9 Å². The minimum atomic E-state index is 0.330. The number of rotatable bonds is 5. The standard InChI is InChI=1S/C18H24N4O/c1-14-5-2-3-7-17(14)23-13-15-6-4-8-22(11-15)12-16-9-20-18(19)21-10-16/h2-3,5,7,9-10,15H,4,6,8,11-13H2,1H3,(H2,19,20,21)/t15-/m0/s1. The molecule has 5 nitrogen and oxygen atoms in total. The summed E-state index contributed by atoms with van der Waals surface area (Å²) in [6, 6.07) is 8.20. The summed E-state index contributed by atoms with van der Waals surface area (Å²) in [6.45, 7) is 5.91. The van der Waals surface area contributed by atoms with Crippen molar-refractivity contribution < 1.29 is 4.74 Å². The molecule has 0 radical (unpaired) electrons. The fourth-order valence-corrected chi connectivity index (χ4v) is 3.06. The topological polar surface area (TPSA) is 64.3 Å². The highest BCUT2D eigenvalue weighted by Crippen LogP contribution is 2.22. The van der Waals surface area contributed by atoms with E-state index in [4.69, 9.17) is 10.5 Å². The van der Waals surface area contributed by atoms with Gasteiger partial charge in [0.05, 0.1) is 6.61 Å². The fourth-order valence-electron chi connectivity index (χ4n) is 3.06. The van der Waals surface area contributed by atoms with E-state index in [0.717, 1.165) is 37.6 Å². The van der Waals surface area contributed by atoms with E-state index in [1.54, 1.807) is 0 Å². The molecule has 2 heterocycles. The number of aromatic nitrogens is 2. The summed E-state index contributed by atoms with van der Waals surface area (Å²) in [7, 11) is 0. The Hall–Kier alpha value is -2.14. The first-order valence-corrected chi connectivity index (χ1v) is 8.18. The molecule has 23 heavy (non-hydrogen) atoms. The van der Waals surface area contributed by atoms with Crippen molar-refractivity contribution in [3.05, 3.63) is 47.8 Å². The molecule has 1 aliphatic heterocycles. The number of nitrogens with zero attached hydrogens (tertiary/aromatic N) is 3. The lowest BCUT2D eigenvalue weighted by Gasteiger charge is -2.32. The maximum absolute atomic E-state index is 6.02. The predicted molar refractivity (Wildman–Crippen MR) is 91.1 cm³/mol. The Morgan fingerprint density at radius 3 is 2.83 bits per heavy atom. The number of hydrogen-bond donors (Lipinski definition) is 1. The van der Waals surface area contributed by atoms with Gasteiger partial charge in [-0.15, -0.1) is 0 Å². The van der Waals surface area contributed by atoms with Gasteiger partial charge in [0.25, 0.3) is 0 Å². The minimum Gasteiger partial charge on any atom is -0.493 e. The lowest BCUT2D eigenvalue weighted by Crippen LogP contribution is -2.37. The predicted octanol–water partition coefficient (Wildman–Crippen LogP) is 2.66. The number of likely N-dealkylation sites (tertiary alicyclic amines) is 1. The highest BCUT2D eigenvalue weighted by Gasteiger charge is 2.21. The van der Waals surface area contributed by atoms with E-state index in [9.17, 15) is 0 Å². The third-order valence-electron chi connectivity index (χ3n) is 4.30. The van der Waals surface area contributed by atoms with Gasteiger partial charge in [-0.2, -0.15) is 0 Å². The smallest absolute Gasteiger partial charge is 0.219 e. The number of hydrogen-bond acceptors (Lipinski definition) is 5. The zero-order chi connectivity index (χ0) is 16.1. The van der Waals surface area contributed by atoms with Crippen LogP contribution in [0.2, 0.25) is 0 Å². The molecule has 2 N–H and O–H groups in total. The second-order valence-corrected chi connectivity index (χ2v) is 6.27. The first kappa shape index (κ1) is 15.7. The Kier molecular flexibility index (Phi) is 5.08. The molecular formula is C18H24N4O. The number of para-hydroxylation sites is 1. The van der Waals surface area contributed by atoms with E-state index in [-0.39, 0.29) is 0 Å². The molecule has 1 saturated heterocycles. The number of benzene rings is 1. The first-order valence-electron chi connectivity index (χ1n) is 8.18. The van der Waals surface area contributed by atoms with Crippen LogP contribution in [0.25, 0.3) is 0 Å². The van der Waals surface area contributed by atoms with E-state index in [1.807, 2.05) is 30.6 Å². The number of nitrogen functional groups attached to an aromatic ring is 1. The Labute approximate surface area is 137 Å². The lowest BCUT2D eigenvalue weighted by molar-refractivity contribution is 0.124. The van der Waals surface area contributed by atoms with Crippen molar-refractivity contribution in [3.8, 4) is 5.75 Å². The number of piperidine rings is 1. The zero-order valence-electron chi connectivity index (χ0n) is 13.6. The molecule has 1 fully saturated rings. The van der Waals surface area contributed by atoms with Crippen LogP contribution in [-0.4, -0.2) is 34.6 Å². The summed E-state index contributed by atoms with van der Waals surface area (Å²) in [5.74, 6) is 1.89. The van der Waals surface area contributed by atoms with Crippen molar-refractivity contribution in [2.45, 2.75) is 26.3 Å². The third-order valence-corrected chi connectivity index (χ3v) is 4.30. The number of anilines is 1. The molecule has 1 aromatic heterocycles. The quantitative estimate of drug-likeness (QED) is 0.919. The van der Waals surface area contributed by atoms with Crippen molar-refractivity contribution in [1.29, 1.82) is 0 Å². The molecule has 0 amide bonds. The van der Waals surface area contributed by atoms with Crippen LogP contribution in [-0.2, 0) is 6.54 Å². The van der Waals surface area contributed by atoms with Crippen molar-refractivity contribution in [2.75, 3.05) is 25.4 Å². The van der Waals surface area contributed by atoms with Crippen LogP contribution in [0.5, 0.6) is 5.75 Å². The Morgan fingerprint density at radius 2 is 2.04 bits per heavy atom. The molecule has 0 saturated carbocycles. The molecule has 1 atom stereocenters. The van der Waals surface area contributed by atoms with Crippen LogP contribution in [0.4, 0.5) is 5.95 Å². The highest BCUT2D eigenvalue weighted by molar-refractivity contribution is 5.31. The van der Waals surface area contributed by atoms with Gasteiger partial charge in [-0.1, -0.05) is 18.2 Å². The molecule has 3 rings (SSSR count). The highest BCUT2D eigenvalue weighted by atomic mass is 16.5. The molecule has 1 aliphatic rings. The molecule has 2 aromatic rings. The summed E-state index contributed by atoms with van der Waals surface area (Å²) in [4.78, 5) is 10.6. The van der Waals surface area contributed by atoms with Gasteiger partial charge in [0.15, 0.2) is 0 Å². The van der Waals surface area contributed by atoms with E-state index < -0.39 is 0 Å². The van der Waals surface area contributed by atoms with Crippen molar-refractivity contribution >= 4 is 5.95 Å². The summed E-state index contributed by atoms with van der Waals surface area (Å²) in [5.41, 5.74) is 7.84. The van der Waals surface area contributed by atoms with Crippen LogP contribution in [0.15, 0.2) is 36.7 Å². The van der Waals surface area contributed by atoms with Gasteiger partial charge < -0.3 is 10.5 Å². The van der Waals surface area contributed by atoms with Gasteiger partial charge in [0.1, 0.15) is 5.75 Å². The lowest BCUT2D eigenvalue weighted by atomic mass is 9.98. The minimum absolute atomic E-state index is 0.330. The van der Waals surface area contributed by atoms with E-state index in [0.29, 0.717) is 11.9 Å². The largest absolute Gasteiger partial charge is 0.493 e. The van der Waals surface area contributed by atoms with Crippen LogP contribution in [0.3, 0.4) is 0 Å². The zero-order valence-corrected chi connectivity index (χ0v) is 13.6. The van der Waals surface area contributed by atoms with Crippen LogP contribution in [0, 0.1) is 12.8 Å². The van der Waals surface area contributed by atoms with Crippen molar-refractivity contribution in [3.63, 3.8) is 0 Å². The summed E-state index contributed by atoms with van der Waals surface area (Å²) < 4.78 is 6.02. The van der Waals surface area contributed by atoms with Crippen molar-refractivity contribution in [1.82, 2.24) is 14.9 Å². The SMILES string of the molecule is Cc1ccccc1OC[C@H]1CCCN(Cc2cnc(N)nc2)C1. The van der Waals surface area contributed by atoms with Crippen LogP contribution < -0.4 is 10.5 Å². The molecular weight excluding hydrogens is 288 g/mol. The van der Waals surface area contributed by atoms with Gasteiger partial charge in [-0.3, -0.25) is 4.90 Å². The van der Waals surface area contributed by atoms with Gasteiger partial charge in [-0.25, -0.2) is 9.97 Å². The van der Waals surface area contributed by atoms with E-state index in [1.165, 1.54) is 18.4 Å². The van der Waals surface area contributed by atoms with Gasteiger partial charge in [0, 0.05) is 37.0 Å². The van der Waals surface area contributed by atoms with Crippen LogP contribution in [0.1, 0.15) is 24.0 Å². The first-order chi connectivity index (χ1) is 11.2. The molecule has 0 bridgehead atoms. The second-order valence-electron chi connectivity index (χ2n) is 6.27. The molecule has 0 spiro atoms. The maximum Gasteiger partial charge on any atom is 0.219 e. The van der Waals surface area contributed by atoms with Gasteiger partial charge in [0.2, 0.25) is 5.95 Å². The third kappa shape index (κ3) is 4.42. The summed E-state index contributed by atoms with van der Waals surface area (Å²) in [5, 5.41) is 0. The average molecular weight is 312 g/mol. The Bertz CT molecular complexity index is 629. The summed E-state index contributed by atoms with van der Waals surface area (Å²) >= 11 is 0. The Balaban J connectivity index is 1.52. The van der Waals surface area contributed by atoms with E-state index in [2.05, 4.69) is 27.9 Å². The molecule has 1 aromatic carbocycles. The molecule has 5 heteroatoms. The molecule has 0 unspecified atom stereocenters.